The van der Waals surface area contributed by atoms with Crippen LogP contribution in [0.5, 0.6) is 0 Å². The largest absolute Gasteiger partial charge is 0.397 e. The summed E-state index contributed by atoms with van der Waals surface area (Å²) >= 11 is 0. The highest BCUT2D eigenvalue weighted by Gasteiger charge is 2.28. The van der Waals surface area contributed by atoms with E-state index >= 15 is 0 Å². The average molecular weight is 231 g/mol. The number of pyridine rings is 1. The van der Waals surface area contributed by atoms with E-state index in [-0.39, 0.29) is 5.69 Å². The fourth-order valence-electron chi connectivity index (χ4n) is 0.896. The maximum atomic E-state index is 12.6. The molecule has 4 N–H and O–H groups in total. The number of alkyl halides is 2. The number of carbonyl (C=O) groups is 1. The molecule has 0 aliphatic rings. The van der Waals surface area contributed by atoms with Crippen LogP contribution in [0, 0.1) is 0 Å². The second kappa shape index (κ2) is 4.84. The fourth-order valence-corrected chi connectivity index (χ4v) is 0.896. The zero-order valence-corrected chi connectivity index (χ0v) is 8.28. The number of aromatic nitrogens is 1. The summed E-state index contributed by atoms with van der Waals surface area (Å²) in [6.07, 6.45) is 1.25. The number of aliphatic hydroxyl groups excluding tert-OH is 1. The molecule has 5 nitrogen and oxygen atoms in total. The molecule has 1 aromatic rings. The number of rotatable bonds is 4. The van der Waals surface area contributed by atoms with Gasteiger partial charge >= 0.3 is 0 Å². The molecule has 0 saturated heterocycles. The number of halogens is 2. The van der Waals surface area contributed by atoms with Gasteiger partial charge in [-0.05, 0) is 12.1 Å². The van der Waals surface area contributed by atoms with Gasteiger partial charge in [-0.25, -0.2) is 13.8 Å². The van der Waals surface area contributed by atoms with Gasteiger partial charge in [0.2, 0.25) is 0 Å². The first-order valence-electron chi connectivity index (χ1n) is 4.43. The molecule has 0 spiro atoms. The minimum Gasteiger partial charge on any atom is -0.397 e. The Bertz CT molecular complexity index is 368. The lowest BCUT2D eigenvalue weighted by molar-refractivity contribution is -0.0462. The quantitative estimate of drug-likeness (QED) is 0.681. The number of nitrogens with one attached hydrogen (secondary N) is 1. The second-order valence-electron chi connectivity index (χ2n) is 3.17. The van der Waals surface area contributed by atoms with Crippen LogP contribution in [0.25, 0.3) is 0 Å². The fraction of sp³-hybridized carbons (Fsp3) is 0.333. The maximum Gasteiger partial charge on any atom is 0.287 e. The van der Waals surface area contributed by atoms with E-state index in [4.69, 9.17) is 10.8 Å². The van der Waals surface area contributed by atoms with Crippen molar-refractivity contribution in [3.05, 3.63) is 24.0 Å². The van der Waals surface area contributed by atoms with Crippen LogP contribution in [0.4, 0.5) is 14.5 Å². The van der Waals surface area contributed by atoms with Crippen molar-refractivity contribution >= 4 is 11.6 Å². The summed E-state index contributed by atoms with van der Waals surface area (Å²) in [7, 11) is 0. The summed E-state index contributed by atoms with van der Waals surface area (Å²) in [5, 5.41) is 10.2. The van der Waals surface area contributed by atoms with Crippen LogP contribution in [0.2, 0.25) is 0 Å². The lowest BCUT2D eigenvalue weighted by atomic mass is 10.3. The molecule has 0 unspecified atom stereocenters. The summed E-state index contributed by atoms with van der Waals surface area (Å²) in [5.41, 5.74) is 5.71. The molecule has 0 atom stereocenters. The number of hydrogen-bond acceptors (Lipinski definition) is 4. The second-order valence-corrected chi connectivity index (χ2v) is 3.17. The van der Waals surface area contributed by atoms with Gasteiger partial charge in [-0.15, -0.1) is 0 Å². The molecular formula is C9H11F2N3O2. The number of hydrogen-bond donors (Lipinski definition) is 3. The normalized spacial score (nSPS) is 11.2. The smallest absolute Gasteiger partial charge is 0.287 e. The average Bonchev–Trinajstić information content (AvgIpc) is 2.27. The standard InChI is InChI=1S/C9H11F2N3O2/c10-9(11,5-15)4-14-8(16)7-2-1-6(12)3-13-7/h1-3,15H,4-5,12H2,(H,14,16). The number of amides is 1. The van der Waals surface area contributed by atoms with Gasteiger partial charge in [0.25, 0.3) is 11.8 Å². The Hall–Kier alpha value is -1.76. The van der Waals surface area contributed by atoms with Gasteiger partial charge in [-0.3, -0.25) is 4.79 Å². The molecule has 7 heteroatoms. The van der Waals surface area contributed by atoms with Crippen LogP contribution in [-0.4, -0.2) is 35.1 Å². The van der Waals surface area contributed by atoms with Crippen molar-refractivity contribution in [3.8, 4) is 0 Å². The van der Waals surface area contributed by atoms with Crippen LogP contribution in [0.1, 0.15) is 10.5 Å². The van der Waals surface area contributed by atoms with E-state index < -0.39 is 25.0 Å². The third-order valence-electron chi connectivity index (χ3n) is 1.76. The zero-order chi connectivity index (χ0) is 12.2. The van der Waals surface area contributed by atoms with Gasteiger partial charge in [0.1, 0.15) is 12.3 Å². The van der Waals surface area contributed by atoms with Crippen molar-refractivity contribution in [2.75, 3.05) is 18.9 Å². The van der Waals surface area contributed by atoms with Gasteiger partial charge in [-0.2, -0.15) is 0 Å². The van der Waals surface area contributed by atoms with Gasteiger partial charge < -0.3 is 16.2 Å². The Labute approximate surface area is 90.3 Å². The molecule has 88 valence electrons. The Kier molecular flexibility index (Phi) is 3.73. The number of nitrogens with two attached hydrogens (primary N) is 1. The monoisotopic (exact) mass is 231 g/mol. The van der Waals surface area contributed by atoms with E-state index in [1.807, 2.05) is 5.32 Å². The Morgan fingerprint density at radius 3 is 2.75 bits per heavy atom. The number of anilines is 1. The van der Waals surface area contributed by atoms with Crippen LogP contribution < -0.4 is 11.1 Å². The lowest BCUT2D eigenvalue weighted by Crippen LogP contribution is -2.39. The summed E-state index contributed by atoms with van der Waals surface area (Å²) in [4.78, 5) is 14.9. The van der Waals surface area contributed by atoms with Gasteiger partial charge in [0.15, 0.2) is 0 Å². The third-order valence-corrected chi connectivity index (χ3v) is 1.76. The van der Waals surface area contributed by atoms with Crippen LogP contribution in [0.3, 0.4) is 0 Å². The Balaban J connectivity index is 2.56. The van der Waals surface area contributed by atoms with E-state index in [9.17, 15) is 13.6 Å². The van der Waals surface area contributed by atoms with Crippen LogP contribution in [-0.2, 0) is 0 Å². The minimum atomic E-state index is -3.33. The summed E-state index contributed by atoms with van der Waals surface area (Å²) in [6.45, 7) is -2.25. The molecule has 0 saturated carbocycles. The minimum absolute atomic E-state index is 0.0112. The van der Waals surface area contributed by atoms with E-state index in [1.165, 1.54) is 18.3 Å². The SMILES string of the molecule is Nc1ccc(C(=O)NCC(F)(F)CO)nc1. The molecule has 1 aromatic heterocycles. The van der Waals surface area contributed by atoms with Crippen molar-refractivity contribution in [2.45, 2.75) is 5.92 Å². The zero-order valence-electron chi connectivity index (χ0n) is 8.28. The molecular weight excluding hydrogens is 220 g/mol. The van der Waals surface area contributed by atoms with E-state index in [1.54, 1.807) is 0 Å². The number of aliphatic hydroxyl groups is 1. The van der Waals surface area contributed by atoms with Crippen molar-refractivity contribution in [2.24, 2.45) is 0 Å². The highest BCUT2D eigenvalue weighted by Crippen LogP contribution is 2.10. The van der Waals surface area contributed by atoms with Crippen molar-refractivity contribution < 1.29 is 18.7 Å². The maximum absolute atomic E-state index is 12.6. The highest BCUT2D eigenvalue weighted by atomic mass is 19.3. The number of nitrogens with zero attached hydrogens (tertiary/aromatic N) is 1. The Morgan fingerprint density at radius 2 is 2.25 bits per heavy atom. The first kappa shape index (κ1) is 12.3. The summed E-state index contributed by atoms with van der Waals surface area (Å²) in [6, 6.07) is 2.76. The Morgan fingerprint density at radius 1 is 1.56 bits per heavy atom. The van der Waals surface area contributed by atoms with Crippen molar-refractivity contribution in [3.63, 3.8) is 0 Å². The molecule has 0 bridgehead atoms. The highest BCUT2D eigenvalue weighted by molar-refractivity contribution is 5.92. The molecule has 0 aliphatic heterocycles. The van der Waals surface area contributed by atoms with Gasteiger partial charge in [-0.1, -0.05) is 0 Å². The molecule has 1 amide bonds. The molecule has 0 radical (unpaired) electrons. The third kappa shape index (κ3) is 3.43. The summed E-state index contributed by atoms with van der Waals surface area (Å²) in [5.74, 6) is -4.07. The molecule has 1 rings (SSSR count). The summed E-state index contributed by atoms with van der Waals surface area (Å²) < 4.78 is 25.2. The topological polar surface area (TPSA) is 88.2 Å². The first-order valence-corrected chi connectivity index (χ1v) is 4.43. The van der Waals surface area contributed by atoms with E-state index in [2.05, 4.69) is 4.98 Å². The molecule has 0 aliphatic carbocycles. The van der Waals surface area contributed by atoms with E-state index in [0.717, 1.165) is 0 Å². The lowest BCUT2D eigenvalue weighted by Gasteiger charge is -2.13. The molecule has 0 fully saturated rings. The van der Waals surface area contributed by atoms with Crippen molar-refractivity contribution in [1.82, 2.24) is 10.3 Å². The number of carbonyl (C=O) groups excluding carboxylic acids is 1. The number of nitrogen functional groups attached to an aromatic ring is 1. The van der Waals surface area contributed by atoms with E-state index in [0.29, 0.717) is 5.69 Å². The van der Waals surface area contributed by atoms with Gasteiger partial charge in [0, 0.05) is 0 Å². The predicted molar refractivity (Wildman–Crippen MR) is 53.0 cm³/mol. The van der Waals surface area contributed by atoms with Crippen LogP contribution in [0.15, 0.2) is 18.3 Å². The molecule has 16 heavy (non-hydrogen) atoms. The first-order chi connectivity index (χ1) is 7.44. The van der Waals surface area contributed by atoms with Gasteiger partial charge in [0.05, 0.1) is 18.4 Å². The molecule has 1 heterocycles. The van der Waals surface area contributed by atoms with Crippen LogP contribution >= 0.6 is 0 Å². The van der Waals surface area contributed by atoms with Crippen molar-refractivity contribution in [1.29, 1.82) is 0 Å². The predicted octanol–water partition coefficient (Wildman–Crippen LogP) is 0.0212. The molecule has 0 aromatic carbocycles.